The van der Waals surface area contributed by atoms with Gasteiger partial charge in [0.15, 0.2) is 11.4 Å². The fourth-order valence-electron chi connectivity index (χ4n) is 2.85. The van der Waals surface area contributed by atoms with Crippen LogP contribution in [0.25, 0.3) is 11.1 Å². The molecule has 0 atom stereocenters. The summed E-state index contributed by atoms with van der Waals surface area (Å²) in [6, 6.07) is 7.40. The second-order valence-corrected chi connectivity index (χ2v) is 7.96. The summed E-state index contributed by atoms with van der Waals surface area (Å²) in [5.41, 5.74) is 2.69. The van der Waals surface area contributed by atoms with Crippen LogP contribution in [0.4, 0.5) is 17.5 Å². The van der Waals surface area contributed by atoms with Crippen molar-refractivity contribution in [3.8, 4) is 0 Å². The molecule has 1 fully saturated rings. The molecule has 2 aromatic heterocycles. The average Bonchev–Trinajstić information content (AvgIpc) is 3.17. The van der Waals surface area contributed by atoms with Crippen molar-refractivity contribution < 1.29 is 12.8 Å². The molecule has 1 aromatic carbocycles. The maximum absolute atomic E-state index is 12.0. The Balaban J connectivity index is 1.52. The smallest absolute Gasteiger partial charge is 0.241 e. The van der Waals surface area contributed by atoms with Crippen LogP contribution in [0.15, 0.2) is 39.8 Å². The van der Waals surface area contributed by atoms with Crippen molar-refractivity contribution in [3.05, 3.63) is 36.1 Å². The van der Waals surface area contributed by atoms with E-state index in [4.69, 9.17) is 4.42 Å². The van der Waals surface area contributed by atoms with E-state index in [-0.39, 0.29) is 0 Å². The number of sulfonamides is 1. The van der Waals surface area contributed by atoms with Gasteiger partial charge in [0, 0.05) is 24.3 Å². The van der Waals surface area contributed by atoms with E-state index in [2.05, 4.69) is 25.3 Å². The van der Waals surface area contributed by atoms with E-state index in [1.165, 1.54) is 0 Å². The first-order valence-electron chi connectivity index (χ1n) is 8.00. The summed E-state index contributed by atoms with van der Waals surface area (Å²) >= 11 is 0. The molecule has 0 radical (unpaired) electrons. The molecule has 0 unspecified atom stereocenters. The minimum atomic E-state index is -3.42. The van der Waals surface area contributed by atoms with Gasteiger partial charge < -0.3 is 15.1 Å². The van der Waals surface area contributed by atoms with Crippen LogP contribution in [0.2, 0.25) is 0 Å². The molecule has 3 heterocycles. The highest BCUT2D eigenvalue weighted by atomic mass is 32.2. The molecule has 3 N–H and O–H groups in total. The molecular weight excluding hydrogens is 342 g/mol. The van der Waals surface area contributed by atoms with E-state index in [1.807, 2.05) is 6.07 Å². The standard InChI is InChI=1S/C16H15N5O3S/c22-25(23)13-7-11(2-1-9(13)8-17-25)19-16-20-12-5-6-24-14(12)15(21-16)18-10-3-4-10/h1-2,5-7,10,17H,3-4,8H2,(H2,18,19,20,21). The van der Waals surface area contributed by atoms with Gasteiger partial charge >= 0.3 is 0 Å². The number of nitrogens with zero attached hydrogens (tertiary/aromatic N) is 2. The van der Waals surface area contributed by atoms with Gasteiger partial charge in [0.1, 0.15) is 5.52 Å². The fourth-order valence-corrected chi connectivity index (χ4v) is 4.11. The Bertz CT molecular complexity index is 1090. The van der Waals surface area contributed by atoms with E-state index in [9.17, 15) is 8.42 Å². The number of furan rings is 1. The Kier molecular flexibility index (Phi) is 3.03. The van der Waals surface area contributed by atoms with E-state index in [1.54, 1.807) is 24.5 Å². The largest absolute Gasteiger partial charge is 0.459 e. The number of aromatic nitrogens is 2. The molecule has 1 aliphatic carbocycles. The molecule has 0 bridgehead atoms. The predicted octanol–water partition coefficient (Wildman–Crippen LogP) is 2.33. The third kappa shape index (κ3) is 2.61. The SMILES string of the molecule is O=S1(=O)NCc2ccc(Nc3nc(NC4CC4)c4occc4n3)cc21. The summed E-state index contributed by atoms with van der Waals surface area (Å²) in [4.78, 5) is 9.20. The van der Waals surface area contributed by atoms with Crippen molar-refractivity contribution in [2.45, 2.75) is 30.3 Å². The lowest BCUT2D eigenvalue weighted by molar-refractivity contribution is 0.589. The Morgan fingerprint density at radius 3 is 2.92 bits per heavy atom. The van der Waals surface area contributed by atoms with Crippen LogP contribution in [0.3, 0.4) is 0 Å². The fraction of sp³-hybridized carbons (Fsp3) is 0.250. The van der Waals surface area contributed by atoms with E-state index in [0.29, 0.717) is 46.0 Å². The van der Waals surface area contributed by atoms with Crippen LogP contribution < -0.4 is 15.4 Å². The Morgan fingerprint density at radius 1 is 1.20 bits per heavy atom. The summed E-state index contributed by atoms with van der Waals surface area (Å²) in [5.74, 6) is 1.04. The van der Waals surface area contributed by atoms with Gasteiger partial charge in [-0.3, -0.25) is 0 Å². The third-order valence-corrected chi connectivity index (χ3v) is 5.77. The van der Waals surface area contributed by atoms with Crippen molar-refractivity contribution in [2.24, 2.45) is 0 Å². The minimum absolute atomic E-state index is 0.290. The van der Waals surface area contributed by atoms with Crippen LogP contribution in [0.5, 0.6) is 0 Å². The van der Waals surface area contributed by atoms with Crippen LogP contribution in [-0.4, -0.2) is 24.4 Å². The maximum Gasteiger partial charge on any atom is 0.241 e. The topological polar surface area (TPSA) is 109 Å². The van der Waals surface area contributed by atoms with E-state index < -0.39 is 10.0 Å². The van der Waals surface area contributed by atoms with Crippen LogP contribution >= 0.6 is 0 Å². The zero-order chi connectivity index (χ0) is 17.0. The summed E-state index contributed by atoms with van der Waals surface area (Å²) in [7, 11) is -3.42. The zero-order valence-electron chi connectivity index (χ0n) is 13.1. The molecule has 128 valence electrons. The number of hydrogen-bond donors (Lipinski definition) is 3. The molecule has 5 rings (SSSR count). The highest BCUT2D eigenvalue weighted by Gasteiger charge is 2.26. The molecule has 0 amide bonds. The third-order valence-electron chi connectivity index (χ3n) is 4.29. The average molecular weight is 357 g/mol. The molecular formula is C16H15N5O3S. The molecule has 25 heavy (non-hydrogen) atoms. The Morgan fingerprint density at radius 2 is 2.08 bits per heavy atom. The lowest BCUT2D eigenvalue weighted by Gasteiger charge is -2.09. The molecule has 0 saturated heterocycles. The summed E-state index contributed by atoms with van der Waals surface area (Å²) < 4.78 is 31.9. The van der Waals surface area contributed by atoms with Gasteiger partial charge in [0.05, 0.1) is 11.2 Å². The van der Waals surface area contributed by atoms with Crippen molar-refractivity contribution in [1.29, 1.82) is 0 Å². The van der Waals surface area contributed by atoms with Crippen molar-refractivity contribution >= 4 is 38.6 Å². The monoisotopic (exact) mass is 357 g/mol. The lowest BCUT2D eigenvalue weighted by Crippen LogP contribution is -2.13. The van der Waals surface area contributed by atoms with E-state index in [0.717, 1.165) is 18.4 Å². The number of fused-ring (bicyclic) bond motifs is 2. The van der Waals surface area contributed by atoms with Gasteiger partial charge in [-0.2, -0.15) is 4.98 Å². The molecule has 0 spiro atoms. The molecule has 1 saturated carbocycles. The van der Waals surface area contributed by atoms with Gasteiger partial charge in [-0.15, -0.1) is 0 Å². The van der Waals surface area contributed by atoms with Crippen LogP contribution in [0, 0.1) is 0 Å². The second-order valence-electron chi connectivity index (χ2n) is 6.22. The highest BCUT2D eigenvalue weighted by molar-refractivity contribution is 7.89. The van der Waals surface area contributed by atoms with Crippen molar-refractivity contribution in [1.82, 2.24) is 14.7 Å². The number of hydrogen-bond acceptors (Lipinski definition) is 7. The molecule has 9 heteroatoms. The normalized spacial score (nSPS) is 18.2. The summed E-state index contributed by atoms with van der Waals surface area (Å²) in [5, 5.41) is 6.43. The second kappa shape index (κ2) is 5.17. The first-order valence-corrected chi connectivity index (χ1v) is 9.48. The minimum Gasteiger partial charge on any atom is -0.459 e. The summed E-state index contributed by atoms with van der Waals surface area (Å²) in [6.07, 6.45) is 3.81. The first-order chi connectivity index (χ1) is 12.1. The maximum atomic E-state index is 12.0. The van der Waals surface area contributed by atoms with E-state index >= 15 is 0 Å². The summed E-state index contributed by atoms with van der Waals surface area (Å²) in [6.45, 7) is 0.324. The number of anilines is 3. The Labute approximate surface area is 143 Å². The van der Waals surface area contributed by atoms with Crippen LogP contribution in [-0.2, 0) is 16.6 Å². The lowest BCUT2D eigenvalue weighted by atomic mass is 10.2. The van der Waals surface area contributed by atoms with Gasteiger partial charge in [-0.1, -0.05) is 6.07 Å². The van der Waals surface area contributed by atoms with Crippen molar-refractivity contribution in [3.63, 3.8) is 0 Å². The number of nitrogens with one attached hydrogen (secondary N) is 3. The van der Waals surface area contributed by atoms with Crippen molar-refractivity contribution in [2.75, 3.05) is 10.6 Å². The predicted molar refractivity (Wildman–Crippen MR) is 92.2 cm³/mol. The number of rotatable bonds is 4. The van der Waals surface area contributed by atoms with Gasteiger partial charge in [0.25, 0.3) is 0 Å². The zero-order valence-corrected chi connectivity index (χ0v) is 13.9. The molecule has 1 aliphatic heterocycles. The number of benzene rings is 1. The molecule has 3 aromatic rings. The highest BCUT2D eigenvalue weighted by Crippen LogP contribution is 2.31. The quantitative estimate of drug-likeness (QED) is 0.657. The molecule has 2 aliphatic rings. The molecule has 8 nitrogen and oxygen atoms in total. The van der Waals surface area contributed by atoms with Crippen LogP contribution in [0.1, 0.15) is 18.4 Å². The Hall–Kier alpha value is -2.65. The van der Waals surface area contributed by atoms with Gasteiger partial charge in [-0.05, 0) is 30.5 Å². The van der Waals surface area contributed by atoms with Gasteiger partial charge in [-0.25, -0.2) is 18.1 Å². The first kappa shape index (κ1) is 14.7. The van der Waals surface area contributed by atoms with Gasteiger partial charge in [0.2, 0.25) is 16.0 Å².